The van der Waals surface area contributed by atoms with Crippen molar-refractivity contribution in [2.24, 2.45) is 11.5 Å². The van der Waals surface area contributed by atoms with Crippen molar-refractivity contribution in [2.45, 2.75) is 37.1 Å². The summed E-state index contributed by atoms with van der Waals surface area (Å²) in [5.74, 6) is -4.00. The fourth-order valence-electron chi connectivity index (χ4n) is 3.81. The molecule has 0 aliphatic carbocycles. The average Bonchev–Trinajstić information content (AvgIpc) is 2.92. The summed E-state index contributed by atoms with van der Waals surface area (Å²) in [4.78, 5) is 49.0. The molecule has 0 heterocycles. The molecule has 3 aromatic carbocycles. The molecule has 8 N–H and O–H groups in total. The minimum atomic E-state index is -2.19. The van der Waals surface area contributed by atoms with Crippen LogP contribution in [0.15, 0.2) is 84.9 Å². The molecule has 0 fully saturated rings. The predicted molar refractivity (Wildman–Crippen MR) is 140 cm³/mol. The van der Waals surface area contributed by atoms with Crippen LogP contribution in [-0.4, -0.2) is 58.1 Å². The summed E-state index contributed by atoms with van der Waals surface area (Å²) in [5.41, 5.74) is 13.9. The van der Waals surface area contributed by atoms with Gasteiger partial charge in [0.25, 0.3) is 5.91 Å². The summed E-state index contributed by atoms with van der Waals surface area (Å²) in [6.07, 6.45) is -4.25. The van der Waals surface area contributed by atoms with Crippen molar-refractivity contribution in [3.8, 4) is 11.1 Å². The van der Waals surface area contributed by atoms with Crippen molar-refractivity contribution >= 4 is 23.6 Å². The van der Waals surface area contributed by atoms with Crippen LogP contribution in [0.4, 0.5) is 0 Å². The third-order valence-corrected chi connectivity index (χ3v) is 5.94. The normalized spacial score (nSPS) is 13.9. The smallest absolute Gasteiger partial charge is 0.252 e. The number of primary amides is 2. The van der Waals surface area contributed by atoms with Gasteiger partial charge in [0.1, 0.15) is 12.1 Å². The molecule has 0 aromatic heterocycles. The van der Waals surface area contributed by atoms with Gasteiger partial charge >= 0.3 is 0 Å². The number of carbonyl (C=O) groups is 4. The van der Waals surface area contributed by atoms with Gasteiger partial charge in [0.05, 0.1) is 0 Å². The molecule has 10 nitrogen and oxygen atoms in total. The van der Waals surface area contributed by atoms with Crippen LogP contribution < -0.4 is 22.1 Å². The lowest BCUT2D eigenvalue weighted by Crippen LogP contribution is -2.57. The Morgan fingerprint density at radius 3 is 1.61 bits per heavy atom. The summed E-state index contributed by atoms with van der Waals surface area (Å²) < 4.78 is 0. The second kappa shape index (κ2) is 13.1. The second-order valence-corrected chi connectivity index (χ2v) is 8.77. The summed E-state index contributed by atoms with van der Waals surface area (Å²) >= 11 is 0. The molecule has 0 radical (unpaired) electrons. The van der Waals surface area contributed by atoms with Crippen molar-refractivity contribution in [1.82, 2.24) is 10.6 Å². The molecule has 0 saturated carbocycles. The highest BCUT2D eigenvalue weighted by atomic mass is 16.3. The Morgan fingerprint density at radius 1 is 0.579 bits per heavy atom. The van der Waals surface area contributed by atoms with Crippen LogP contribution in [0.2, 0.25) is 0 Å². The zero-order valence-electron chi connectivity index (χ0n) is 20.5. The molecular weight excluding hydrogens is 488 g/mol. The number of nitrogens with one attached hydrogen (secondary N) is 2. The quantitative estimate of drug-likeness (QED) is 0.193. The molecule has 0 aliphatic rings. The molecular formula is C28H30N4O6. The Bertz CT molecular complexity index is 1250. The standard InChI is InChI=1S/C28H30N4O6/c29-25(35)21(15-18-11-13-20(14-12-18)19-9-5-2-6-10-19)31-27(37)22(16-17-7-3-1-4-8-17)32-28(38)24(34)23(33)26(30)36/h1-14,21-24,33-34H,15-16H2,(H2,29,35)(H2,30,36)(H,31,37)(H,32,38)/t21-,22+,23+,24+/m0/s1. The van der Waals surface area contributed by atoms with Gasteiger partial charge in [0.15, 0.2) is 12.2 Å². The number of amides is 4. The zero-order valence-corrected chi connectivity index (χ0v) is 20.5. The van der Waals surface area contributed by atoms with Crippen LogP contribution in [0.5, 0.6) is 0 Å². The van der Waals surface area contributed by atoms with Crippen LogP contribution in [0.3, 0.4) is 0 Å². The number of aliphatic hydroxyl groups excluding tert-OH is 2. The lowest BCUT2D eigenvalue weighted by molar-refractivity contribution is -0.145. The Balaban J connectivity index is 1.74. The van der Waals surface area contributed by atoms with Gasteiger partial charge in [0.2, 0.25) is 17.7 Å². The molecule has 0 spiro atoms. The van der Waals surface area contributed by atoms with Crippen molar-refractivity contribution < 1.29 is 29.4 Å². The molecule has 3 rings (SSSR count). The number of carbonyl (C=O) groups excluding carboxylic acids is 4. The SMILES string of the molecule is NC(=O)[C@H](Cc1ccc(-c2ccccc2)cc1)NC(=O)[C@@H](Cc1ccccc1)NC(=O)[C@H](O)[C@@H](O)C(N)=O. The number of aliphatic hydroxyl groups is 2. The molecule has 0 aliphatic heterocycles. The number of benzene rings is 3. The van der Waals surface area contributed by atoms with E-state index in [2.05, 4.69) is 10.6 Å². The highest BCUT2D eigenvalue weighted by Crippen LogP contribution is 2.19. The first-order valence-electron chi connectivity index (χ1n) is 11.9. The predicted octanol–water partition coefficient (Wildman–Crippen LogP) is -0.199. The van der Waals surface area contributed by atoms with Crippen molar-refractivity contribution in [3.05, 3.63) is 96.1 Å². The highest BCUT2D eigenvalue weighted by molar-refractivity contribution is 5.95. The molecule has 4 atom stereocenters. The third kappa shape index (κ3) is 7.73. The van der Waals surface area contributed by atoms with E-state index in [1.54, 1.807) is 30.3 Å². The first kappa shape index (κ1) is 28.0. The Morgan fingerprint density at radius 2 is 1.05 bits per heavy atom. The van der Waals surface area contributed by atoms with Gasteiger partial charge in [-0.2, -0.15) is 0 Å². The maximum atomic E-state index is 13.2. The summed E-state index contributed by atoms with van der Waals surface area (Å²) in [6, 6.07) is 23.5. The highest BCUT2D eigenvalue weighted by Gasteiger charge is 2.32. The average molecular weight is 519 g/mol. The minimum Gasteiger partial charge on any atom is -0.380 e. The summed E-state index contributed by atoms with van der Waals surface area (Å²) in [7, 11) is 0. The Kier molecular flexibility index (Phi) is 9.69. The lowest BCUT2D eigenvalue weighted by Gasteiger charge is -2.24. The number of nitrogens with two attached hydrogens (primary N) is 2. The van der Waals surface area contributed by atoms with Gasteiger partial charge in [-0.25, -0.2) is 0 Å². The lowest BCUT2D eigenvalue weighted by atomic mass is 9.99. The molecule has 0 unspecified atom stereocenters. The maximum Gasteiger partial charge on any atom is 0.252 e. The van der Waals surface area contributed by atoms with Crippen molar-refractivity contribution in [1.29, 1.82) is 0 Å². The summed E-state index contributed by atoms with van der Waals surface area (Å²) in [5, 5.41) is 24.5. The number of rotatable bonds is 12. The first-order chi connectivity index (χ1) is 18.2. The van der Waals surface area contributed by atoms with Gasteiger partial charge in [-0.05, 0) is 22.3 Å². The van der Waals surface area contributed by atoms with E-state index >= 15 is 0 Å². The third-order valence-electron chi connectivity index (χ3n) is 5.94. The fraction of sp³-hybridized carbons (Fsp3) is 0.214. The Labute approximate surface area is 219 Å². The first-order valence-corrected chi connectivity index (χ1v) is 11.9. The molecule has 198 valence electrons. The van der Waals surface area contributed by atoms with E-state index in [9.17, 15) is 29.4 Å². The van der Waals surface area contributed by atoms with E-state index in [1.165, 1.54) is 0 Å². The van der Waals surface area contributed by atoms with Crippen LogP contribution in [0.1, 0.15) is 11.1 Å². The molecule has 3 aromatic rings. The van der Waals surface area contributed by atoms with Gasteiger partial charge in [-0.3, -0.25) is 19.2 Å². The van der Waals surface area contributed by atoms with Crippen LogP contribution >= 0.6 is 0 Å². The number of hydrogen-bond donors (Lipinski definition) is 6. The fourth-order valence-corrected chi connectivity index (χ4v) is 3.81. The molecule has 10 heteroatoms. The van der Waals surface area contributed by atoms with Gasteiger partial charge < -0.3 is 32.3 Å². The van der Waals surface area contributed by atoms with Gasteiger partial charge in [0, 0.05) is 12.8 Å². The second-order valence-electron chi connectivity index (χ2n) is 8.77. The topological polar surface area (TPSA) is 185 Å². The largest absolute Gasteiger partial charge is 0.380 e. The van der Waals surface area contributed by atoms with Crippen LogP contribution in [0, 0.1) is 0 Å². The number of hydrogen-bond acceptors (Lipinski definition) is 6. The zero-order chi connectivity index (χ0) is 27.7. The monoisotopic (exact) mass is 518 g/mol. The van der Waals surface area contributed by atoms with Crippen molar-refractivity contribution in [2.75, 3.05) is 0 Å². The Hall–Kier alpha value is -4.54. The molecule has 0 bridgehead atoms. The van der Waals surface area contributed by atoms with E-state index in [1.807, 2.05) is 54.6 Å². The van der Waals surface area contributed by atoms with Gasteiger partial charge in [-0.1, -0.05) is 84.9 Å². The molecule has 38 heavy (non-hydrogen) atoms. The van der Waals surface area contributed by atoms with Crippen LogP contribution in [-0.2, 0) is 32.0 Å². The van der Waals surface area contributed by atoms with E-state index in [4.69, 9.17) is 11.5 Å². The van der Waals surface area contributed by atoms with Gasteiger partial charge in [-0.15, -0.1) is 0 Å². The minimum absolute atomic E-state index is 0.00491. The molecule has 4 amide bonds. The van der Waals surface area contributed by atoms with Crippen molar-refractivity contribution in [3.63, 3.8) is 0 Å². The van der Waals surface area contributed by atoms with E-state index in [0.717, 1.165) is 16.7 Å². The van der Waals surface area contributed by atoms with Crippen LogP contribution in [0.25, 0.3) is 11.1 Å². The van der Waals surface area contributed by atoms with E-state index in [0.29, 0.717) is 5.56 Å². The molecule has 0 saturated heterocycles. The van der Waals surface area contributed by atoms with E-state index < -0.39 is 47.9 Å². The van der Waals surface area contributed by atoms with E-state index in [-0.39, 0.29) is 12.8 Å². The summed E-state index contributed by atoms with van der Waals surface area (Å²) in [6.45, 7) is 0. The maximum absolute atomic E-state index is 13.2.